The van der Waals surface area contributed by atoms with Gasteiger partial charge in [0, 0.05) is 24.1 Å². The van der Waals surface area contributed by atoms with Crippen LogP contribution in [0.25, 0.3) is 5.82 Å². The molecule has 96 valence electrons. The second-order valence-corrected chi connectivity index (χ2v) is 5.89. The number of nitrogens with one attached hydrogen (secondary N) is 1. The molecule has 5 heteroatoms. The Hall–Kier alpha value is -1.36. The van der Waals surface area contributed by atoms with E-state index in [2.05, 4.69) is 29.9 Å². The Bertz CT molecular complexity index is 580. The van der Waals surface area contributed by atoms with Crippen LogP contribution in [0.3, 0.4) is 0 Å². The van der Waals surface area contributed by atoms with E-state index in [1.54, 1.807) is 16.4 Å². The summed E-state index contributed by atoms with van der Waals surface area (Å²) in [5, 5.41) is 3.26. The Labute approximate surface area is 110 Å². The Morgan fingerprint density at radius 3 is 2.94 bits per heavy atom. The van der Waals surface area contributed by atoms with Crippen LogP contribution < -0.4 is 5.56 Å². The number of H-pyrrole nitrogens is 1. The fourth-order valence-electron chi connectivity index (χ4n) is 2.40. The van der Waals surface area contributed by atoms with E-state index >= 15 is 0 Å². The molecule has 2 aliphatic rings. The summed E-state index contributed by atoms with van der Waals surface area (Å²) in [5.74, 6) is 2.71. The summed E-state index contributed by atoms with van der Waals surface area (Å²) in [4.78, 5) is 14.6. The first-order valence-corrected chi connectivity index (χ1v) is 7.38. The van der Waals surface area contributed by atoms with Crippen molar-refractivity contribution in [2.75, 3.05) is 6.54 Å². The molecule has 1 aromatic rings. The fraction of sp³-hybridized carbons (Fsp3) is 0.462. The van der Waals surface area contributed by atoms with E-state index < -0.39 is 0 Å². The highest BCUT2D eigenvalue weighted by molar-refractivity contribution is 7.98. The van der Waals surface area contributed by atoms with Gasteiger partial charge < -0.3 is 4.90 Å². The predicted molar refractivity (Wildman–Crippen MR) is 75.3 cm³/mol. The average molecular weight is 263 g/mol. The minimum atomic E-state index is 0.113. The molecular formula is C13H17N3OS. The first-order chi connectivity index (χ1) is 8.68. The molecular weight excluding hydrogens is 246 g/mol. The number of thioether (sulfide) groups is 1. The van der Waals surface area contributed by atoms with E-state index in [1.807, 2.05) is 12.2 Å². The van der Waals surface area contributed by atoms with E-state index in [-0.39, 0.29) is 5.56 Å². The van der Waals surface area contributed by atoms with Gasteiger partial charge in [-0.2, -0.15) is 11.8 Å². The summed E-state index contributed by atoms with van der Waals surface area (Å²) in [6.07, 6.45) is 6.13. The molecule has 0 unspecified atom stereocenters. The fourth-order valence-corrected chi connectivity index (χ4v) is 3.44. The van der Waals surface area contributed by atoms with E-state index in [0.717, 1.165) is 35.1 Å². The SMILES string of the molecule is CC(C)N1CC=CC=C1n1[nH]c2c(c1=O)CSC2. The van der Waals surface area contributed by atoms with Crippen molar-refractivity contribution in [2.24, 2.45) is 0 Å². The lowest BCUT2D eigenvalue weighted by molar-refractivity contribution is 0.337. The zero-order chi connectivity index (χ0) is 12.7. The van der Waals surface area contributed by atoms with Crippen molar-refractivity contribution in [1.29, 1.82) is 0 Å². The Kier molecular flexibility index (Phi) is 2.86. The molecule has 0 saturated carbocycles. The van der Waals surface area contributed by atoms with Crippen molar-refractivity contribution >= 4 is 17.6 Å². The highest BCUT2D eigenvalue weighted by Crippen LogP contribution is 2.27. The van der Waals surface area contributed by atoms with Gasteiger partial charge in [0.05, 0.1) is 11.3 Å². The minimum Gasteiger partial charge on any atom is -0.350 e. The molecule has 0 fully saturated rings. The Balaban J connectivity index is 2.06. The van der Waals surface area contributed by atoms with Crippen molar-refractivity contribution < 1.29 is 0 Å². The van der Waals surface area contributed by atoms with Gasteiger partial charge in [-0.15, -0.1) is 0 Å². The van der Waals surface area contributed by atoms with E-state index in [4.69, 9.17) is 0 Å². The van der Waals surface area contributed by atoms with Gasteiger partial charge >= 0.3 is 0 Å². The maximum absolute atomic E-state index is 12.4. The third-order valence-corrected chi connectivity index (χ3v) is 4.38. The first kappa shape index (κ1) is 11.7. The van der Waals surface area contributed by atoms with E-state index in [0.29, 0.717) is 6.04 Å². The van der Waals surface area contributed by atoms with Gasteiger partial charge in [-0.1, -0.05) is 12.2 Å². The monoisotopic (exact) mass is 263 g/mol. The number of nitrogens with zero attached hydrogens (tertiary/aromatic N) is 2. The summed E-state index contributed by atoms with van der Waals surface area (Å²) in [7, 11) is 0. The largest absolute Gasteiger partial charge is 0.350 e. The number of hydrogen-bond acceptors (Lipinski definition) is 3. The first-order valence-electron chi connectivity index (χ1n) is 6.23. The van der Waals surface area contributed by atoms with Gasteiger partial charge in [-0.25, -0.2) is 4.68 Å². The summed E-state index contributed by atoms with van der Waals surface area (Å²) in [5.41, 5.74) is 2.14. The Morgan fingerprint density at radius 2 is 2.22 bits per heavy atom. The molecule has 1 aromatic heterocycles. The lowest BCUT2D eigenvalue weighted by atomic mass is 10.2. The van der Waals surface area contributed by atoms with Gasteiger partial charge in [0.1, 0.15) is 5.82 Å². The average Bonchev–Trinajstić information content (AvgIpc) is 2.93. The molecule has 0 radical (unpaired) electrons. The number of allylic oxidation sites excluding steroid dienone is 2. The van der Waals surface area contributed by atoms with Gasteiger partial charge in [0.25, 0.3) is 5.56 Å². The van der Waals surface area contributed by atoms with Crippen LogP contribution in [0.2, 0.25) is 0 Å². The summed E-state index contributed by atoms with van der Waals surface area (Å²) >= 11 is 1.79. The molecule has 0 bridgehead atoms. The van der Waals surface area contributed by atoms with Crippen molar-refractivity contribution in [1.82, 2.24) is 14.7 Å². The zero-order valence-corrected chi connectivity index (χ0v) is 11.5. The Morgan fingerprint density at radius 1 is 1.39 bits per heavy atom. The van der Waals surface area contributed by atoms with Crippen molar-refractivity contribution in [2.45, 2.75) is 31.4 Å². The normalized spacial score (nSPS) is 18.4. The number of aromatic amines is 1. The molecule has 0 aromatic carbocycles. The highest BCUT2D eigenvalue weighted by Gasteiger charge is 2.24. The van der Waals surface area contributed by atoms with Crippen LogP contribution in [0.5, 0.6) is 0 Å². The van der Waals surface area contributed by atoms with Gasteiger partial charge in [-0.05, 0) is 19.9 Å². The molecule has 0 atom stereocenters. The van der Waals surface area contributed by atoms with Crippen LogP contribution in [0.15, 0.2) is 23.0 Å². The molecule has 3 heterocycles. The highest BCUT2D eigenvalue weighted by atomic mass is 32.2. The van der Waals surface area contributed by atoms with Gasteiger partial charge in [0.2, 0.25) is 0 Å². The van der Waals surface area contributed by atoms with Crippen molar-refractivity contribution in [3.05, 3.63) is 39.8 Å². The topological polar surface area (TPSA) is 41.0 Å². The number of rotatable bonds is 2. The molecule has 3 rings (SSSR count). The van der Waals surface area contributed by atoms with Crippen LogP contribution in [-0.2, 0) is 11.5 Å². The van der Waals surface area contributed by atoms with Crippen LogP contribution >= 0.6 is 11.8 Å². The molecule has 0 amide bonds. The molecule has 1 N–H and O–H groups in total. The molecule has 2 aliphatic heterocycles. The van der Waals surface area contributed by atoms with Gasteiger partial charge in [-0.3, -0.25) is 9.89 Å². The predicted octanol–water partition coefficient (Wildman–Crippen LogP) is 2.00. The van der Waals surface area contributed by atoms with Crippen LogP contribution in [0.4, 0.5) is 0 Å². The summed E-state index contributed by atoms with van der Waals surface area (Å²) < 4.78 is 1.70. The van der Waals surface area contributed by atoms with Crippen LogP contribution in [-0.4, -0.2) is 27.3 Å². The number of hydrogen-bond donors (Lipinski definition) is 1. The maximum Gasteiger partial charge on any atom is 0.276 e. The third kappa shape index (κ3) is 1.73. The standard InChI is InChI=1S/C13H17N3OS/c1-9(2)15-6-4-3-5-12(15)16-13(17)10-7-18-8-11(10)14-16/h3-5,9,14H,6-8H2,1-2H3. The second-order valence-electron chi connectivity index (χ2n) is 4.90. The summed E-state index contributed by atoms with van der Waals surface area (Å²) in [6, 6.07) is 0.376. The molecule has 0 spiro atoms. The summed E-state index contributed by atoms with van der Waals surface area (Å²) in [6.45, 7) is 5.14. The third-order valence-electron chi connectivity index (χ3n) is 3.40. The van der Waals surface area contributed by atoms with Crippen LogP contribution in [0.1, 0.15) is 25.1 Å². The van der Waals surface area contributed by atoms with Crippen LogP contribution in [0, 0.1) is 0 Å². The van der Waals surface area contributed by atoms with Gasteiger partial charge in [0.15, 0.2) is 0 Å². The second kappa shape index (κ2) is 4.39. The maximum atomic E-state index is 12.4. The van der Waals surface area contributed by atoms with E-state index in [9.17, 15) is 4.79 Å². The molecule has 0 saturated heterocycles. The zero-order valence-electron chi connectivity index (χ0n) is 10.6. The number of fused-ring (bicyclic) bond motifs is 1. The quantitative estimate of drug-likeness (QED) is 0.887. The lowest BCUT2D eigenvalue weighted by Gasteiger charge is -2.31. The molecule has 4 nitrogen and oxygen atoms in total. The van der Waals surface area contributed by atoms with E-state index in [1.165, 1.54) is 0 Å². The van der Waals surface area contributed by atoms with Crippen molar-refractivity contribution in [3.8, 4) is 0 Å². The minimum absolute atomic E-state index is 0.113. The molecule has 0 aliphatic carbocycles. The lowest BCUT2D eigenvalue weighted by Crippen LogP contribution is -2.36. The molecule has 18 heavy (non-hydrogen) atoms. The number of aromatic nitrogens is 2. The smallest absolute Gasteiger partial charge is 0.276 e. The van der Waals surface area contributed by atoms with Crippen molar-refractivity contribution in [3.63, 3.8) is 0 Å².